The van der Waals surface area contributed by atoms with Gasteiger partial charge in [0.05, 0.1) is 17.4 Å². The SMILES string of the molecule is Cc1ccc(C(O)C(O)CC(N)=O)cc1[N+](=O)[O-]. The smallest absolute Gasteiger partial charge is 0.272 e. The van der Waals surface area contributed by atoms with Gasteiger partial charge in [-0.1, -0.05) is 12.1 Å². The topological polar surface area (TPSA) is 127 Å². The zero-order valence-corrected chi connectivity index (χ0v) is 9.74. The van der Waals surface area contributed by atoms with E-state index in [-0.39, 0.29) is 11.3 Å². The lowest BCUT2D eigenvalue weighted by molar-refractivity contribution is -0.385. The van der Waals surface area contributed by atoms with E-state index in [0.29, 0.717) is 5.56 Å². The third-order valence-electron chi connectivity index (χ3n) is 2.55. The Labute approximate surface area is 103 Å². The number of primary amides is 1. The number of carbonyl (C=O) groups excluding carboxylic acids is 1. The van der Waals surface area contributed by atoms with Crippen LogP contribution < -0.4 is 5.73 Å². The highest BCUT2D eigenvalue weighted by molar-refractivity contribution is 5.74. The first-order valence-electron chi connectivity index (χ1n) is 5.22. The molecule has 0 aromatic heterocycles. The average Bonchev–Trinajstić information content (AvgIpc) is 2.27. The summed E-state index contributed by atoms with van der Waals surface area (Å²) in [5, 5.41) is 30.0. The van der Waals surface area contributed by atoms with Gasteiger partial charge in [0.25, 0.3) is 5.69 Å². The first-order chi connectivity index (χ1) is 8.32. The molecule has 0 aliphatic heterocycles. The molecule has 0 aliphatic carbocycles. The highest BCUT2D eigenvalue weighted by Crippen LogP contribution is 2.25. The molecule has 1 rings (SSSR count). The summed E-state index contributed by atoms with van der Waals surface area (Å²) in [6.07, 6.45) is -3.19. The number of nitro benzene ring substituents is 1. The Kier molecular flexibility index (Phi) is 4.35. The molecule has 1 aromatic carbocycles. The highest BCUT2D eigenvalue weighted by atomic mass is 16.6. The molecule has 98 valence electrons. The lowest BCUT2D eigenvalue weighted by atomic mass is 10.00. The van der Waals surface area contributed by atoms with Crippen LogP contribution in [-0.4, -0.2) is 27.1 Å². The molecule has 4 N–H and O–H groups in total. The summed E-state index contributed by atoms with van der Waals surface area (Å²) < 4.78 is 0. The van der Waals surface area contributed by atoms with Crippen molar-refractivity contribution in [2.75, 3.05) is 0 Å². The zero-order chi connectivity index (χ0) is 13.9. The first kappa shape index (κ1) is 14.1. The van der Waals surface area contributed by atoms with Gasteiger partial charge in [-0.3, -0.25) is 14.9 Å². The average molecular weight is 254 g/mol. The third kappa shape index (κ3) is 3.25. The largest absolute Gasteiger partial charge is 0.390 e. The summed E-state index contributed by atoms with van der Waals surface area (Å²) in [5.41, 5.74) is 5.35. The van der Waals surface area contributed by atoms with Crippen molar-refractivity contribution < 1.29 is 19.9 Å². The minimum atomic E-state index is -1.39. The van der Waals surface area contributed by atoms with Crippen molar-refractivity contribution in [2.24, 2.45) is 5.73 Å². The Hall–Kier alpha value is -1.99. The number of nitrogens with two attached hydrogens (primary N) is 1. The minimum Gasteiger partial charge on any atom is -0.390 e. The number of amides is 1. The van der Waals surface area contributed by atoms with E-state index in [2.05, 4.69) is 0 Å². The van der Waals surface area contributed by atoms with Crippen molar-refractivity contribution in [1.82, 2.24) is 0 Å². The van der Waals surface area contributed by atoms with Gasteiger partial charge in [-0.15, -0.1) is 0 Å². The van der Waals surface area contributed by atoms with Gasteiger partial charge in [-0.2, -0.15) is 0 Å². The summed E-state index contributed by atoms with van der Waals surface area (Å²) in [6.45, 7) is 1.56. The molecule has 7 nitrogen and oxygen atoms in total. The molecule has 7 heteroatoms. The molecule has 1 aromatic rings. The van der Waals surface area contributed by atoms with Crippen molar-refractivity contribution in [1.29, 1.82) is 0 Å². The number of aryl methyl sites for hydroxylation is 1. The van der Waals surface area contributed by atoms with Gasteiger partial charge in [0.1, 0.15) is 6.10 Å². The van der Waals surface area contributed by atoms with E-state index in [9.17, 15) is 25.1 Å². The van der Waals surface area contributed by atoms with Crippen molar-refractivity contribution in [3.8, 4) is 0 Å². The molecule has 0 radical (unpaired) electrons. The van der Waals surface area contributed by atoms with E-state index in [1.54, 1.807) is 6.92 Å². The Balaban J connectivity index is 2.99. The Morgan fingerprint density at radius 3 is 2.61 bits per heavy atom. The third-order valence-corrected chi connectivity index (χ3v) is 2.55. The van der Waals surface area contributed by atoms with Crippen LogP contribution in [0.25, 0.3) is 0 Å². The maximum atomic E-state index is 10.7. The monoisotopic (exact) mass is 254 g/mol. The summed E-state index contributed by atoms with van der Waals surface area (Å²) in [4.78, 5) is 20.8. The van der Waals surface area contributed by atoms with E-state index in [1.807, 2.05) is 0 Å². The van der Waals surface area contributed by atoms with Crippen LogP contribution in [0.1, 0.15) is 23.7 Å². The number of nitro groups is 1. The molecule has 2 unspecified atom stereocenters. The summed E-state index contributed by atoms with van der Waals surface area (Å²) in [7, 11) is 0. The fraction of sp³-hybridized carbons (Fsp3) is 0.364. The number of carbonyl (C=O) groups is 1. The lowest BCUT2D eigenvalue weighted by Crippen LogP contribution is -2.25. The predicted molar refractivity (Wildman–Crippen MR) is 62.6 cm³/mol. The Morgan fingerprint density at radius 1 is 1.50 bits per heavy atom. The summed E-state index contributed by atoms with van der Waals surface area (Å²) in [5.74, 6) is -0.761. The second kappa shape index (κ2) is 5.56. The molecular formula is C11H14N2O5. The van der Waals surface area contributed by atoms with Crippen LogP contribution in [0.3, 0.4) is 0 Å². The Morgan fingerprint density at radius 2 is 2.11 bits per heavy atom. The van der Waals surface area contributed by atoms with E-state index < -0.39 is 29.5 Å². The maximum Gasteiger partial charge on any atom is 0.272 e. The Bertz CT molecular complexity index is 475. The molecule has 1 amide bonds. The van der Waals surface area contributed by atoms with Gasteiger partial charge in [0, 0.05) is 11.6 Å². The normalized spacial score (nSPS) is 13.9. The van der Waals surface area contributed by atoms with Crippen LogP contribution in [-0.2, 0) is 4.79 Å². The number of hydrogen-bond acceptors (Lipinski definition) is 5. The fourth-order valence-electron chi connectivity index (χ4n) is 1.55. The minimum absolute atomic E-state index is 0.155. The molecule has 18 heavy (non-hydrogen) atoms. The van der Waals surface area contributed by atoms with E-state index in [1.165, 1.54) is 18.2 Å². The molecule has 0 spiro atoms. The van der Waals surface area contributed by atoms with E-state index in [4.69, 9.17) is 5.73 Å². The second-order valence-electron chi connectivity index (χ2n) is 3.99. The number of rotatable bonds is 5. The molecule has 0 fully saturated rings. The van der Waals surface area contributed by atoms with Crippen molar-refractivity contribution in [3.63, 3.8) is 0 Å². The lowest BCUT2D eigenvalue weighted by Gasteiger charge is -2.16. The summed E-state index contributed by atoms with van der Waals surface area (Å²) >= 11 is 0. The molecular weight excluding hydrogens is 240 g/mol. The van der Waals surface area contributed by atoms with Crippen molar-refractivity contribution in [2.45, 2.75) is 25.6 Å². The van der Waals surface area contributed by atoms with Crippen LogP contribution >= 0.6 is 0 Å². The quantitative estimate of drug-likeness (QED) is 0.510. The van der Waals surface area contributed by atoms with Crippen LogP contribution in [0.4, 0.5) is 5.69 Å². The molecule has 0 aliphatic rings. The van der Waals surface area contributed by atoms with Gasteiger partial charge >= 0.3 is 0 Å². The predicted octanol–water partition coefficient (Wildman–Crippen LogP) is 0.173. The maximum absolute atomic E-state index is 10.7. The zero-order valence-electron chi connectivity index (χ0n) is 9.74. The standard InChI is InChI=1S/C11H14N2O5/c1-6-2-3-7(4-8(6)13(17)18)11(16)9(14)5-10(12)15/h2-4,9,11,14,16H,5H2,1H3,(H2,12,15). The van der Waals surface area contributed by atoms with Gasteiger partial charge in [-0.05, 0) is 12.5 Å². The molecule has 0 heterocycles. The van der Waals surface area contributed by atoms with Gasteiger partial charge in [0.2, 0.25) is 5.91 Å². The van der Waals surface area contributed by atoms with Gasteiger partial charge in [-0.25, -0.2) is 0 Å². The number of aliphatic hydroxyl groups excluding tert-OH is 2. The second-order valence-corrected chi connectivity index (χ2v) is 3.99. The molecule has 0 saturated heterocycles. The van der Waals surface area contributed by atoms with Gasteiger partial charge in [0.15, 0.2) is 0 Å². The fourth-order valence-corrected chi connectivity index (χ4v) is 1.55. The van der Waals surface area contributed by atoms with Crippen LogP contribution in [0, 0.1) is 17.0 Å². The van der Waals surface area contributed by atoms with Gasteiger partial charge < -0.3 is 15.9 Å². The van der Waals surface area contributed by atoms with Crippen molar-refractivity contribution in [3.05, 3.63) is 39.4 Å². The van der Waals surface area contributed by atoms with Crippen LogP contribution in [0.15, 0.2) is 18.2 Å². The number of benzene rings is 1. The van der Waals surface area contributed by atoms with E-state index >= 15 is 0 Å². The van der Waals surface area contributed by atoms with Crippen LogP contribution in [0.5, 0.6) is 0 Å². The molecule has 0 bridgehead atoms. The summed E-state index contributed by atoms with van der Waals surface area (Å²) in [6, 6.07) is 4.09. The van der Waals surface area contributed by atoms with E-state index in [0.717, 1.165) is 0 Å². The van der Waals surface area contributed by atoms with Crippen LogP contribution in [0.2, 0.25) is 0 Å². The molecule has 2 atom stereocenters. The number of nitrogens with zero attached hydrogens (tertiary/aromatic N) is 1. The molecule has 0 saturated carbocycles. The number of aliphatic hydroxyl groups is 2. The first-order valence-corrected chi connectivity index (χ1v) is 5.22. The number of hydrogen-bond donors (Lipinski definition) is 3. The highest BCUT2D eigenvalue weighted by Gasteiger charge is 2.22. The van der Waals surface area contributed by atoms with Crippen molar-refractivity contribution >= 4 is 11.6 Å².